The van der Waals surface area contributed by atoms with E-state index in [4.69, 9.17) is 5.73 Å². The lowest BCUT2D eigenvalue weighted by molar-refractivity contribution is -0.120. The number of rotatable bonds is 5. The lowest BCUT2D eigenvalue weighted by Crippen LogP contribution is -2.32. The van der Waals surface area contributed by atoms with E-state index < -0.39 is 6.04 Å². The number of phenols is 1. The first-order valence-corrected chi connectivity index (χ1v) is 6.19. The maximum absolute atomic E-state index is 11.6. The van der Waals surface area contributed by atoms with Crippen molar-refractivity contribution in [1.29, 1.82) is 0 Å². The molecule has 18 heavy (non-hydrogen) atoms. The van der Waals surface area contributed by atoms with Crippen molar-refractivity contribution in [2.45, 2.75) is 32.2 Å². The van der Waals surface area contributed by atoms with Crippen LogP contribution >= 0.6 is 0 Å². The van der Waals surface area contributed by atoms with Crippen molar-refractivity contribution >= 4 is 16.7 Å². The molecule has 0 aliphatic carbocycles. The predicted octanol–water partition coefficient (Wildman–Crippen LogP) is 2.11. The first-order chi connectivity index (χ1) is 8.60. The Morgan fingerprint density at radius 1 is 1.44 bits per heavy atom. The molecule has 1 heterocycles. The predicted molar refractivity (Wildman–Crippen MR) is 71.6 cm³/mol. The summed E-state index contributed by atoms with van der Waals surface area (Å²) in [5.41, 5.74) is 7.73. The number of fused-ring (bicyclic) bond motifs is 1. The largest absolute Gasteiger partial charge is 0.508 e. The number of Topliss-reactive ketones (excluding diaryl/α,β-unsaturated/α-hetero) is 1. The van der Waals surface area contributed by atoms with Crippen LogP contribution in [-0.4, -0.2) is 21.9 Å². The topological polar surface area (TPSA) is 79.1 Å². The third-order valence-corrected chi connectivity index (χ3v) is 3.01. The summed E-state index contributed by atoms with van der Waals surface area (Å²) in [6.07, 6.45) is 1.86. The van der Waals surface area contributed by atoms with E-state index in [0.29, 0.717) is 12.8 Å². The summed E-state index contributed by atoms with van der Waals surface area (Å²) in [6, 6.07) is 6.60. The molecule has 0 saturated carbocycles. The molecule has 2 aromatic rings. The summed E-state index contributed by atoms with van der Waals surface area (Å²) in [5.74, 6) is 0.332. The molecule has 1 atom stereocenters. The van der Waals surface area contributed by atoms with Gasteiger partial charge in [0.1, 0.15) is 11.5 Å². The second-order valence-corrected chi connectivity index (χ2v) is 4.59. The van der Waals surface area contributed by atoms with Crippen LogP contribution in [0.5, 0.6) is 5.75 Å². The lowest BCUT2D eigenvalue weighted by atomic mass is 10.0. The van der Waals surface area contributed by atoms with Crippen LogP contribution in [0.15, 0.2) is 24.3 Å². The Labute approximate surface area is 106 Å². The zero-order valence-electron chi connectivity index (χ0n) is 10.4. The number of carbonyl (C=O) groups excluding carboxylic acids is 1. The Bertz CT molecular complexity index is 560. The minimum absolute atomic E-state index is 0.0963. The van der Waals surface area contributed by atoms with Crippen LogP contribution in [0.4, 0.5) is 0 Å². The summed E-state index contributed by atoms with van der Waals surface area (Å²) in [5, 5.41) is 10.3. The Hall–Kier alpha value is -1.81. The fourth-order valence-corrected chi connectivity index (χ4v) is 2.07. The molecule has 4 N–H and O–H groups in total. The summed E-state index contributed by atoms with van der Waals surface area (Å²) in [7, 11) is 0. The molecule has 4 nitrogen and oxygen atoms in total. The number of aromatic amines is 1. The fraction of sp³-hybridized carbons (Fsp3) is 0.357. The molecule has 0 fully saturated rings. The van der Waals surface area contributed by atoms with Gasteiger partial charge in [-0.05, 0) is 30.7 Å². The van der Waals surface area contributed by atoms with Gasteiger partial charge in [-0.25, -0.2) is 0 Å². The van der Waals surface area contributed by atoms with Crippen LogP contribution in [0, 0.1) is 0 Å². The second-order valence-electron chi connectivity index (χ2n) is 4.59. The number of carbonyl (C=O) groups is 1. The number of ketones is 1. The molecule has 0 amide bonds. The van der Waals surface area contributed by atoms with E-state index >= 15 is 0 Å². The van der Waals surface area contributed by atoms with E-state index in [1.54, 1.807) is 12.1 Å². The molecule has 0 aliphatic heterocycles. The third-order valence-electron chi connectivity index (χ3n) is 3.01. The summed E-state index contributed by atoms with van der Waals surface area (Å²) >= 11 is 0. The summed E-state index contributed by atoms with van der Waals surface area (Å²) in [6.45, 7) is 1.97. The van der Waals surface area contributed by atoms with Crippen molar-refractivity contribution < 1.29 is 9.90 Å². The van der Waals surface area contributed by atoms with Crippen LogP contribution in [-0.2, 0) is 11.2 Å². The molecule has 0 saturated heterocycles. The van der Waals surface area contributed by atoms with Gasteiger partial charge in [0.05, 0.1) is 6.04 Å². The smallest absolute Gasteiger partial charge is 0.149 e. The van der Waals surface area contributed by atoms with Gasteiger partial charge in [0.15, 0.2) is 0 Å². The lowest BCUT2D eigenvalue weighted by Gasteiger charge is -2.08. The van der Waals surface area contributed by atoms with E-state index in [0.717, 1.165) is 23.0 Å². The molecule has 0 radical (unpaired) electrons. The van der Waals surface area contributed by atoms with Crippen LogP contribution in [0.25, 0.3) is 10.9 Å². The number of nitrogens with two attached hydrogens (primary N) is 1. The highest BCUT2D eigenvalue weighted by atomic mass is 16.3. The van der Waals surface area contributed by atoms with Crippen molar-refractivity contribution in [2.75, 3.05) is 0 Å². The summed E-state index contributed by atoms with van der Waals surface area (Å²) < 4.78 is 0. The highest BCUT2D eigenvalue weighted by Crippen LogP contribution is 2.21. The Morgan fingerprint density at radius 3 is 2.94 bits per heavy atom. The number of nitrogens with one attached hydrogen (secondary N) is 1. The van der Waals surface area contributed by atoms with E-state index in [9.17, 15) is 9.90 Å². The van der Waals surface area contributed by atoms with Crippen molar-refractivity contribution in [3.8, 4) is 5.75 Å². The highest BCUT2D eigenvalue weighted by Gasteiger charge is 2.14. The van der Waals surface area contributed by atoms with Gasteiger partial charge < -0.3 is 15.8 Å². The minimum Gasteiger partial charge on any atom is -0.508 e. The Balaban J connectivity index is 2.14. The number of benzene rings is 1. The van der Waals surface area contributed by atoms with Crippen molar-refractivity contribution in [2.24, 2.45) is 5.73 Å². The molecule has 0 unspecified atom stereocenters. The van der Waals surface area contributed by atoms with Gasteiger partial charge in [-0.3, -0.25) is 4.79 Å². The molecular formula is C14H18N2O2. The quantitative estimate of drug-likeness (QED) is 0.756. The average Bonchev–Trinajstić information content (AvgIpc) is 2.70. The summed E-state index contributed by atoms with van der Waals surface area (Å²) in [4.78, 5) is 14.8. The number of hydrogen-bond donors (Lipinski definition) is 3. The zero-order valence-corrected chi connectivity index (χ0v) is 10.4. The van der Waals surface area contributed by atoms with Crippen LogP contribution < -0.4 is 5.73 Å². The van der Waals surface area contributed by atoms with E-state index in [1.807, 2.05) is 19.1 Å². The standard InChI is InChI=1S/C14H18N2O2/c1-2-3-14(18)12(15)8-10-6-9-7-11(17)4-5-13(9)16-10/h4-7,12,16-17H,2-3,8,15H2,1H3/t12-/m0/s1. The zero-order chi connectivity index (χ0) is 13.1. The molecule has 0 aliphatic rings. The first kappa shape index (κ1) is 12.6. The Morgan fingerprint density at radius 2 is 2.22 bits per heavy atom. The normalized spacial score (nSPS) is 12.8. The molecular weight excluding hydrogens is 228 g/mol. The van der Waals surface area contributed by atoms with Crippen molar-refractivity contribution in [1.82, 2.24) is 4.98 Å². The number of aromatic nitrogens is 1. The van der Waals surface area contributed by atoms with Gasteiger partial charge in [0.25, 0.3) is 0 Å². The second kappa shape index (κ2) is 5.23. The molecule has 96 valence electrons. The third kappa shape index (κ3) is 2.71. The molecule has 0 bridgehead atoms. The van der Waals surface area contributed by atoms with E-state index in [-0.39, 0.29) is 11.5 Å². The van der Waals surface area contributed by atoms with Crippen LogP contribution in [0.2, 0.25) is 0 Å². The molecule has 1 aromatic carbocycles. The number of hydrogen-bond acceptors (Lipinski definition) is 3. The van der Waals surface area contributed by atoms with Crippen LogP contribution in [0.3, 0.4) is 0 Å². The Kier molecular flexibility index (Phi) is 3.67. The average molecular weight is 246 g/mol. The van der Waals surface area contributed by atoms with Gasteiger partial charge in [0, 0.05) is 29.4 Å². The van der Waals surface area contributed by atoms with Crippen molar-refractivity contribution in [3.63, 3.8) is 0 Å². The van der Waals surface area contributed by atoms with Gasteiger partial charge in [-0.2, -0.15) is 0 Å². The van der Waals surface area contributed by atoms with E-state index in [1.165, 1.54) is 0 Å². The van der Waals surface area contributed by atoms with Crippen molar-refractivity contribution in [3.05, 3.63) is 30.0 Å². The first-order valence-electron chi connectivity index (χ1n) is 6.19. The van der Waals surface area contributed by atoms with Gasteiger partial charge >= 0.3 is 0 Å². The highest BCUT2D eigenvalue weighted by molar-refractivity contribution is 5.85. The van der Waals surface area contributed by atoms with Gasteiger partial charge in [-0.15, -0.1) is 0 Å². The molecule has 2 rings (SSSR count). The fourth-order valence-electron chi connectivity index (χ4n) is 2.07. The molecule has 1 aromatic heterocycles. The maximum atomic E-state index is 11.6. The number of phenolic OH excluding ortho intramolecular Hbond substituents is 1. The molecule has 4 heteroatoms. The minimum atomic E-state index is -0.452. The van der Waals surface area contributed by atoms with Crippen LogP contribution in [0.1, 0.15) is 25.5 Å². The van der Waals surface area contributed by atoms with Gasteiger partial charge in [-0.1, -0.05) is 6.92 Å². The van der Waals surface area contributed by atoms with Gasteiger partial charge in [0.2, 0.25) is 0 Å². The monoisotopic (exact) mass is 246 g/mol. The molecule has 0 spiro atoms. The number of H-pyrrole nitrogens is 1. The van der Waals surface area contributed by atoms with E-state index in [2.05, 4.69) is 4.98 Å². The number of aromatic hydroxyl groups is 1. The SMILES string of the molecule is CCCC(=O)[C@@H](N)Cc1cc2cc(O)ccc2[nH]1. The maximum Gasteiger partial charge on any atom is 0.149 e.